The van der Waals surface area contributed by atoms with E-state index in [0.29, 0.717) is 5.56 Å². The number of carbonyl (C=O) groups is 4. The van der Waals surface area contributed by atoms with Crippen LogP contribution < -0.4 is 21.7 Å². The van der Waals surface area contributed by atoms with Gasteiger partial charge in [0.25, 0.3) is 0 Å². The van der Waals surface area contributed by atoms with E-state index in [9.17, 15) is 34.5 Å². The van der Waals surface area contributed by atoms with E-state index >= 15 is 0 Å². The normalized spacial score (nSPS) is 16.5. The van der Waals surface area contributed by atoms with Gasteiger partial charge in [-0.1, -0.05) is 44.2 Å². The number of rotatable bonds is 13. The molecule has 0 saturated heterocycles. The molecule has 11 nitrogen and oxygen atoms in total. The predicted octanol–water partition coefficient (Wildman–Crippen LogP) is -1.10. The minimum absolute atomic E-state index is 0.0447. The first-order valence-corrected chi connectivity index (χ1v) is 11.1. The molecule has 0 aliphatic carbocycles. The van der Waals surface area contributed by atoms with E-state index in [1.165, 1.54) is 13.8 Å². The number of carboxylic acids is 1. The van der Waals surface area contributed by atoms with Crippen molar-refractivity contribution >= 4 is 23.7 Å². The van der Waals surface area contributed by atoms with Crippen LogP contribution in [0.3, 0.4) is 0 Å². The molecule has 190 valence electrons. The van der Waals surface area contributed by atoms with E-state index < -0.39 is 60.1 Å². The SMILES string of the molecule is CC(C)CC(NC(=O)C(NC(=O)C(N)C(C)O)C(C)O)C(=O)NC(Cc1ccccc1)C(=O)O. The van der Waals surface area contributed by atoms with Gasteiger partial charge in [0.15, 0.2) is 0 Å². The number of hydrogen-bond acceptors (Lipinski definition) is 7. The highest BCUT2D eigenvalue weighted by Gasteiger charge is 2.33. The van der Waals surface area contributed by atoms with Gasteiger partial charge in [0.1, 0.15) is 24.2 Å². The fraction of sp³-hybridized carbons (Fsp3) is 0.565. The minimum Gasteiger partial charge on any atom is -0.480 e. The number of nitrogens with one attached hydrogen (secondary N) is 3. The van der Waals surface area contributed by atoms with Crippen LogP contribution in [-0.2, 0) is 25.6 Å². The quantitative estimate of drug-likeness (QED) is 0.185. The van der Waals surface area contributed by atoms with E-state index in [1.807, 2.05) is 13.8 Å². The summed E-state index contributed by atoms with van der Waals surface area (Å²) in [5, 5.41) is 36.3. The first kappa shape index (κ1) is 29.0. The Labute approximate surface area is 199 Å². The van der Waals surface area contributed by atoms with Gasteiger partial charge in [0.2, 0.25) is 17.7 Å². The molecule has 0 fully saturated rings. The van der Waals surface area contributed by atoms with Crippen molar-refractivity contribution in [2.45, 2.75) is 76.9 Å². The second-order valence-corrected chi connectivity index (χ2v) is 8.77. The lowest BCUT2D eigenvalue weighted by Crippen LogP contribution is -2.60. The number of nitrogens with two attached hydrogens (primary N) is 1. The molecule has 0 spiro atoms. The molecule has 8 N–H and O–H groups in total. The number of aliphatic carboxylic acids is 1. The number of carbonyl (C=O) groups excluding carboxylic acids is 3. The van der Waals surface area contributed by atoms with Crippen LogP contribution in [0.15, 0.2) is 30.3 Å². The van der Waals surface area contributed by atoms with Crippen molar-refractivity contribution in [1.29, 1.82) is 0 Å². The highest BCUT2D eigenvalue weighted by Crippen LogP contribution is 2.09. The van der Waals surface area contributed by atoms with Crippen molar-refractivity contribution in [3.63, 3.8) is 0 Å². The molecule has 11 heteroatoms. The molecule has 1 rings (SSSR count). The maximum absolute atomic E-state index is 12.9. The monoisotopic (exact) mass is 480 g/mol. The Hall–Kier alpha value is -3.02. The molecule has 0 bridgehead atoms. The molecule has 34 heavy (non-hydrogen) atoms. The van der Waals surface area contributed by atoms with Gasteiger partial charge >= 0.3 is 5.97 Å². The highest BCUT2D eigenvalue weighted by atomic mass is 16.4. The van der Waals surface area contributed by atoms with Gasteiger partial charge < -0.3 is 37.0 Å². The molecule has 6 atom stereocenters. The molecule has 0 aliphatic rings. The van der Waals surface area contributed by atoms with Crippen LogP contribution in [-0.4, -0.2) is 75.4 Å². The summed E-state index contributed by atoms with van der Waals surface area (Å²) in [4.78, 5) is 49.7. The zero-order valence-corrected chi connectivity index (χ0v) is 19.9. The summed E-state index contributed by atoms with van der Waals surface area (Å²) in [5.41, 5.74) is 6.29. The van der Waals surface area contributed by atoms with E-state index in [-0.39, 0.29) is 18.8 Å². The van der Waals surface area contributed by atoms with E-state index in [1.54, 1.807) is 30.3 Å². The maximum atomic E-state index is 12.9. The maximum Gasteiger partial charge on any atom is 0.326 e. The Morgan fingerprint density at radius 3 is 1.85 bits per heavy atom. The fourth-order valence-corrected chi connectivity index (χ4v) is 3.16. The summed E-state index contributed by atoms with van der Waals surface area (Å²) in [6.45, 7) is 6.22. The lowest BCUT2D eigenvalue weighted by molar-refractivity contribution is -0.142. The van der Waals surface area contributed by atoms with Crippen molar-refractivity contribution in [1.82, 2.24) is 16.0 Å². The Kier molecular flexibility index (Phi) is 11.6. The van der Waals surface area contributed by atoms with Crippen LogP contribution in [0.2, 0.25) is 0 Å². The van der Waals surface area contributed by atoms with Crippen LogP contribution >= 0.6 is 0 Å². The molecule has 6 unspecified atom stereocenters. The number of aliphatic hydroxyl groups is 2. The van der Waals surface area contributed by atoms with Gasteiger partial charge in [0.05, 0.1) is 12.2 Å². The molecule has 0 aromatic heterocycles. The summed E-state index contributed by atoms with van der Waals surface area (Å²) in [6.07, 6.45) is -2.29. The third kappa shape index (κ3) is 9.46. The first-order chi connectivity index (χ1) is 15.8. The van der Waals surface area contributed by atoms with Crippen LogP contribution in [0.25, 0.3) is 0 Å². The highest BCUT2D eigenvalue weighted by molar-refractivity contribution is 5.94. The second kappa shape index (κ2) is 13.6. The van der Waals surface area contributed by atoms with Gasteiger partial charge in [0, 0.05) is 6.42 Å². The molecular formula is C23H36N4O7. The Morgan fingerprint density at radius 2 is 1.38 bits per heavy atom. The minimum atomic E-state index is -1.45. The van der Waals surface area contributed by atoms with E-state index in [4.69, 9.17) is 5.73 Å². The molecular weight excluding hydrogens is 444 g/mol. The van der Waals surface area contributed by atoms with Crippen LogP contribution in [0.1, 0.15) is 39.7 Å². The van der Waals surface area contributed by atoms with Crippen molar-refractivity contribution in [2.24, 2.45) is 11.7 Å². The summed E-state index contributed by atoms with van der Waals surface area (Å²) in [5.74, 6) is -3.68. The standard InChI is InChI=1S/C23H36N4O7/c1-12(2)10-16(20(30)26-17(23(33)34)11-15-8-6-5-7-9-15)25-22(32)19(14(4)29)27-21(31)18(24)13(3)28/h5-9,12-14,16-19,28-29H,10-11,24H2,1-4H3,(H,25,32)(H,26,30)(H,27,31)(H,33,34). The van der Waals surface area contributed by atoms with Crippen LogP contribution in [0.5, 0.6) is 0 Å². The lowest BCUT2D eigenvalue weighted by atomic mass is 10.0. The topological polar surface area (TPSA) is 191 Å². The third-order valence-corrected chi connectivity index (χ3v) is 5.12. The fourth-order valence-electron chi connectivity index (χ4n) is 3.16. The summed E-state index contributed by atoms with van der Waals surface area (Å²) >= 11 is 0. The van der Waals surface area contributed by atoms with Crippen LogP contribution in [0.4, 0.5) is 0 Å². The smallest absolute Gasteiger partial charge is 0.326 e. The Bertz CT molecular complexity index is 830. The van der Waals surface area contributed by atoms with Crippen molar-refractivity contribution in [2.75, 3.05) is 0 Å². The average molecular weight is 481 g/mol. The predicted molar refractivity (Wildman–Crippen MR) is 124 cm³/mol. The van der Waals surface area contributed by atoms with E-state index in [0.717, 1.165) is 0 Å². The van der Waals surface area contributed by atoms with Gasteiger partial charge in [-0.15, -0.1) is 0 Å². The summed E-state index contributed by atoms with van der Waals surface area (Å²) < 4.78 is 0. The summed E-state index contributed by atoms with van der Waals surface area (Å²) in [7, 11) is 0. The summed E-state index contributed by atoms with van der Waals surface area (Å²) in [6, 6.07) is 3.67. The van der Waals surface area contributed by atoms with Crippen molar-refractivity contribution < 1.29 is 34.5 Å². The van der Waals surface area contributed by atoms with Gasteiger partial charge in [-0.25, -0.2) is 4.79 Å². The van der Waals surface area contributed by atoms with E-state index in [2.05, 4.69) is 16.0 Å². The number of hydrogen-bond donors (Lipinski definition) is 7. The van der Waals surface area contributed by atoms with Crippen molar-refractivity contribution in [3.8, 4) is 0 Å². The number of amides is 3. The Morgan fingerprint density at radius 1 is 0.824 bits per heavy atom. The van der Waals surface area contributed by atoms with Gasteiger partial charge in [-0.2, -0.15) is 0 Å². The van der Waals surface area contributed by atoms with Crippen LogP contribution in [0, 0.1) is 5.92 Å². The van der Waals surface area contributed by atoms with Gasteiger partial charge in [-0.3, -0.25) is 14.4 Å². The largest absolute Gasteiger partial charge is 0.480 e. The number of aliphatic hydroxyl groups excluding tert-OH is 2. The first-order valence-electron chi connectivity index (χ1n) is 11.1. The molecule has 1 aromatic rings. The zero-order chi connectivity index (χ0) is 26.0. The molecule has 0 radical (unpaired) electrons. The number of benzene rings is 1. The average Bonchev–Trinajstić information content (AvgIpc) is 2.75. The number of carboxylic acid groups (broad SMARTS) is 1. The Balaban J connectivity index is 2.98. The third-order valence-electron chi connectivity index (χ3n) is 5.12. The molecule has 1 aromatic carbocycles. The van der Waals surface area contributed by atoms with Gasteiger partial charge in [-0.05, 0) is 31.7 Å². The molecule has 0 saturated carbocycles. The molecule has 0 aliphatic heterocycles. The zero-order valence-electron chi connectivity index (χ0n) is 19.9. The second-order valence-electron chi connectivity index (χ2n) is 8.77. The molecule has 3 amide bonds. The molecule has 0 heterocycles. The lowest BCUT2D eigenvalue weighted by Gasteiger charge is -2.27. The van der Waals surface area contributed by atoms with Crippen molar-refractivity contribution in [3.05, 3.63) is 35.9 Å².